The molecule has 21 heteroatoms. The molecule has 15 atom stereocenters. The molecular weight excluding hydrogens is 646 g/mol. The van der Waals surface area contributed by atoms with Gasteiger partial charge in [0.2, 0.25) is 0 Å². The number of hydrogen-bond donors (Lipinski definition) is 11. The predicted molar refractivity (Wildman–Crippen MR) is 146 cm³/mol. The summed E-state index contributed by atoms with van der Waals surface area (Å²) in [7, 11) is 1.22. The van der Waals surface area contributed by atoms with Crippen molar-refractivity contribution < 1.29 is 98.5 Å². The second kappa shape index (κ2) is 18.7. The Hall–Kier alpha value is -1.90. The van der Waals surface area contributed by atoms with Crippen LogP contribution in [0.1, 0.15) is 12.8 Å². The molecule has 0 spiro atoms. The van der Waals surface area contributed by atoms with Crippen molar-refractivity contribution in [2.75, 3.05) is 46.7 Å². The molecular formula is C26H45NO20. The van der Waals surface area contributed by atoms with E-state index in [1.165, 1.54) is 7.11 Å². The summed E-state index contributed by atoms with van der Waals surface area (Å²) in [5, 5.41) is 104. The molecule has 3 saturated heterocycles. The van der Waals surface area contributed by atoms with Crippen molar-refractivity contribution in [1.82, 2.24) is 5.32 Å². The van der Waals surface area contributed by atoms with E-state index in [4.69, 9.17) is 33.2 Å². The third kappa shape index (κ3) is 10.3. The van der Waals surface area contributed by atoms with Crippen molar-refractivity contribution in [1.29, 1.82) is 0 Å². The molecule has 3 fully saturated rings. The lowest BCUT2D eigenvalue weighted by molar-refractivity contribution is -0.366. The summed E-state index contributed by atoms with van der Waals surface area (Å²) in [6, 6.07) is 0. The Bertz CT molecular complexity index is 959. The summed E-state index contributed by atoms with van der Waals surface area (Å²) in [5.74, 6) is -0.468. The zero-order valence-electron chi connectivity index (χ0n) is 25.4. The molecule has 0 aromatic carbocycles. The maximum Gasteiger partial charge on any atom is 0.407 e. The van der Waals surface area contributed by atoms with Crippen molar-refractivity contribution in [3.8, 4) is 0 Å². The minimum atomic E-state index is -1.90. The predicted octanol–water partition coefficient (Wildman–Crippen LogP) is -6.87. The minimum Gasteiger partial charge on any atom is -0.469 e. The van der Waals surface area contributed by atoms with Crippen molar-refractivity contribution in [3.63, 3.8) is 0 Å². The normalized spacial score (nSPS) is 40.9. The van der Waals surface area contributed by atoms with Gasteiger partial charge in [-0.05, 0) is 6.42 Å². The second-order valence-electron chi connectivity index (χ2n) is 11.0. The van der Waals surface area contributed by atoms with Crippen LogP contribution in [-0.4, -0.2) is 202 Å². The van der Waals surface area contributed by atoms with Crippen LogP contribution in [0, 0.1) is 0 Å². The number of ether oxygens (including phenoxy) is 8. The van der Waals surface area contributed by atoms with Gasteiger partial charge in [-0.3, -0.25) is 4.79 Å². The lowest BCUT2D eigenvalue weighted by Crippen LogP contribution is -2.65. The van der Waals surface area contributed by atoms with Gasteiger partial charge >= 0.3 is 12.1 Å². The van der Waals surface area contributed by atoms with Gasteiger partial charge in [-0.1, -0.05) is 0 Å². The SMILES string of the molecule is COC(=O)CCCOC(=O)NCCO[C@@H]1O[C@H](CO[C@H]2O[C@H](CO)[C@@H](O)[C@H](O)[C@@H]2O)[C@@H](O)[C@H](O[C@H]2O[C@H](CO)[C@@H](O)[C@H](O)[C@@H]2O)[C@@H]1O. The molecule has 0 radical (unpaired) electrons. The van der Waals surface area contributed by atoms with Gasteiger partial charge in [0.05, 0.1) is 40.1 Å². The van der Waals surface area contributed by atoms with Gasteiger partial charge in [0.15, 0.2) is 18.9 Å². The van der Waals surface area contributed by atoms with Gasteiger partial charge in [-0.2, -0.15) is 0 Å². The topological polar surface area (TPSA) is 322 Å². The highest BCUT2D eigenvalue weighted by molar-refractivity contribution is 5.69. The number of amides is 1. The van der Waals surface area contributed by atoms with Gasteiger partial charge in [0.25, 0.3) is 0 Å². The summed E-state index contributed by atoms with van der Waals surface area (Å²) in [6.07, 6.45) is -25.8. The summed E-state index contributed by atoms with van der Waals surface area (Å²) in [5.41, 5.74) is 0. The van der Waals surface area contributed by atoms with Gasteiger partial charge in [0.1, 0.15) is 73.2 Å². The smallest absolute Gasteiger partial charge is 0.407 e. The van der Waals surface area contributed by atoms with E-state index in [1.807, 2.05) is 0 Å². The first-order valence-electron chi connectivity index (χ1n) is 14.8. The fourth-order valence-corrected chi connectivity index (χ4v) is 4.93. The molecule has 0 aromatic rings. The number of methoxy groups -OCH3 is 1. The van der Waals surface area contributed by atoms with E-state index in [0.717, 1.165) is 0 Å². The fourth-order valence-electron chi connectivity index (χ4n) is 4.93. The standard InChI is InChI=1S/C26H45NO20/c1-40-13(30)3-2-5-42-26(39)27-4-6-41-24-21(38)22(47-25-20(37)18(35)15(32)11(8-29)45-25)16(33)12(46-24)9-43-23-19(36)17(34)14(31)10(7-28)44-23/h10-12,14-25,28-29,31-38H,2-9H2,1H3,(H,27,39)/t10-,11-,12-,14-,15-,16-,17+,18+,19+,20+,21+,22+,23+,24-,25-/m1/s1. The maximum atomic E-state index is 11.9. The number of carbonyl (C=O) groups excluding carboxylic acids is 2. The zero-order chi connectivity index (χ0) is 34.8. The van der Waals surface area contributed by atoms with Crippen LogP contribution in [0.15, 0.2) is 0 Å². The Balaban J connectivity index is 1.65. The Labute approximate surface area is 268 Å². The number of hydrogen-bond acceptors (Lipinski definition) is 20. The summed E-state index contributed by atoms with van der Waals surface area (Å²) >= 11 is 0. The molecule has 0 aromatic heterocycles. The average molecular weight is 692 g/mol. The van der Waals surface area contributed by atoms with E-state index in [1.54, 1.807) is 0 Å². The van der Waals surface area contributed by atoms with E-state index in [9.17, 15) is 60.7 Å². The molecule has 21 nitrogen and oxygen atoms in total. The number of esters is 1. The van der Waals surface area contributed by atoms with E-state index in [2.05, 4.69) is 10.1 Å². The number of aliphatic hydroxyl groups excluding tert-OH is 10. The second-order valence-corrected chi connectivity index (χ2v) is 11.0. The van der Waals surface area contributed by atoms with Crippen LogP contribution in [0.5, 0.6) is 0 Å². The fraction of sp³-hybridized carbons (Fsp3) is 0.923. The van der Waals surface area contributed by atoms with Crippen molar-refractivity contribution >= 4 is 12.1 Å². The first-order chi connectivity index (χ1) is 22.3. The van der Waals surface area contributed by atoms with Crippen LogP contribution in [0.2, 0.25) is 0 Å². The lowest BCUT2D eigenvalue weighted by Gasteiger charge is -2.46. The van der Waals surface area contributed by atoms with Crippen molar-refractivity contribution in [3.05, 3.63) is 0 Å². The highest BCUT2D eigenvalue weighted by Crippen LogP contribution is 2.31. The summed E-state index contributed by atoms with van der Waals surface area (Å²) in [4.78, 5) is 23.0. The third-order valence-corrected chi connectivity index (χ3v) is 7.69. The van der Waals surface area contributed by atoms with E-state index in [-0.39, 0.29) is 32.6 Å². The van der Waals surface area contributed by atoms with Crippen LogP contribution in [-0.2, 0) is 42.7 Å². The third-order valence-electron chi connectivity index (χ3n) is 7.69. The number of alkyl carbamates (subject to hydrolysis) is 1. The molecule has 3 aliphatic heterocycles. The van der Waals surface area contributed by atoms with Gasteiger partial charge in [-0.25, -0.2) is 4.79 Å². The number of rotatable bonds is 15. The van der Waals surface area contributed by atoms with Gasteiger partial charge < -0.3 is 94.3 Å². The molecule has 0 bridgehead atoms. The molecule has 3 heterocycles. The molecule has 0 unspecified atom stereocenters. The Morgan fingerprint density at radius 3 is 1.81 bits per heavy atom. The highest BCUT2D eigenvalue weighted by atomic mass is 16.7. The summed E-state index contributed by atoms with van der Waals surface area (Å²) in [6.45, 7) is -2.71. The van der Waals surface area contributed by atoms with Crippen LogP contribution >= 0.6 is 0 Å². The molecule has 47 heavy (non-hydrogen) atoms. The molecule has 11 N–H and O–H groups in total. The van der Waals surface area contributed by atoms with Crippen molar-refractivity contribution in [2.45, 2.75) is 105 Å². The monoisotopic (exact) mass is 691 g/mol. The van der Waals surface area contributed by atoms with Crippen molar-refractivity contribution in [2.24, 2.45) is 0 Å². The molecule has 3 aliphatic rings. The van der Waals surface area contributed by atoms with E-state index < -0.39 is 124 Å². The number of nitrogens with one attached hydrogen (secondary N) is 1. The van der Waals surface area contributed by atoms with E-state index >= 15 is 0 Å². The molecule has 274 valence electrons. The van der Waals surface area contributed by atoms with Crippen LogP contribution in [0.25, 0.3) is 0 Å². The number of aliphatic hydroxyl groups is 10. The Morgan fingerprint density at radius 1 is 0.660 bits per heavy atom. The zero-order valence-corrected chi connectivity index (χ0v) is 25.4. The Kier molecular flexibility index (Phi) is 15.8. The molecule has 0 aliphatic carbocycles. The quantitative estimate of drug-likeness (QED) is 0.0561. The molecule has 1 amide bonds. The Morgan fingerprint density at radius 2 is 1.21 bits per heavy atom. The van der Waals surface area contributed by atoms with Crippen LogP contribution < -0.4 is 5.32 Å². The van der Waals surface area contributed by atoms with Crippen LogP contribution in [0.3, 0.4) is 0 Å². The number of carbonyl (C=O) groups is 2. The lowest BCUT2D eigenvalue weighted by atomic mass is 9.96. The van der Waals surface area contributed by atoms with Crippen LogP contribution in [0.4, 0.5) is 4.79 Å². The molecule has 0 saturated carbocycles. The molecule has 3 rings (SSSR count). The average Bonchev–Trinajstić information content (AvgIpc) is 3.06. The summed E-state index contributed by atoms with van der Waals surface area (Å²) < 4.78 is 42.2. The largest absolute Gasteiger partial charge is 0.469 e. The highest BCUT2D eigenvalue weighted by Gasteiger charge is 2.52. The van der Waals surface area contributed by atoms with E-state index in [0.29, 0.717) is 0 Å². The first-order valence-corrected chi connectivity index (χ1v) is 14.8. The van der Waals surface area contributed by atoms with Gasteiger partial charge in [-0.15, -0.1) is 0 Å². The van der Waals surface area contributed by atoms with Gasteiger partial charge in [0, 0.05) is 13.0 Å². The maximum absolute atomic E-state index is 11.9. The minimum absolute atomic E-state index is 0.0449. The first kappa shape index (κ1) is 39.5.